The van der Waals surface area contributed by atoms with Gasteiger partial charge in [-0.05, 0) is 30.5 Å². The fraction of sp³-hybridized carbons (Fsp3) is 0.462. The molecule has 0 aliphatic heterocycles. The van der Waals surface area contributed by atoms with Crippen LogP contribution in [0.25, 0.3) is 0 Å². The van der Waals surface area contributed by atoms with Crippen molar-refractivity contribution in [2.45, 2.75) is 32.6 Å². The number of ether oxygens (including phenoxy) is 1. The van der Waals surface area contributed by atoms with Gasteiger partial charge in [-0.15, -0.1) is 0 Å². The van der Waals surface area contributed by atoms with E-state index in [1.165, 1.54) is 0 Å². The zero-order valence-electron chi connectivity index (χ0n) is 10.2. The number of carbonyl (C=O) groups is 1. The van der Waals surface area contributed by atoms with Crippen LogP contribution in [0, 0.1) is 0 Å². The first-order valence-electron chi connectivity index (χ1n) is 5.97. The number of aryl methyl sites for hydroxylation is 1. The van der Waals surface area contributed by atoms with Crippen molar-refractivity contribution in [1.29, 1.82) is 0 Å². The Morgan fingerprint density at radius 1 is 1.35 bits per heavy atom. The molecular weight excluding hydrogens is 216 g/mol. The van der Waals surface area contributed by atoms with E-state index >= 15 is 0 Å². The van der Waals surface area contributed by atoms with Crippen molar-refractivity contribution >= 4 is 5.91 Å². The van der Waals surface area contributed by atoms with E-state index in [9.17, 15) is 4.79 Å². The highest BCUT2D eigenvalue weighted by atomic mass is 16.5. The molecule has 94 valence electrons. The number of hydrogen-bond acceptors (Lipinski definition) is 3. The van der Waals surface area contributed by atoms with E-state index in [1.54, 1.807) is 0 Å². The van der Waals surface area contributed by atoms with Gasteiger partial charge in [-0.1, -0.05) is 25.5 Å². The van der Waals surface area contributed by atoms with Crippen LogP contribution < -0.4 is 16.0 Å². The molecule has 4 nitrogen and oxygen atoms in total. The van der Waals surface area contributed by atoms with Gasteiger partial charge < -0.3 is 4.74 Å². The van der Waals surface area contributed by atoms with E-state index in [4.69, 9.17) is 10.6 Å². The first kappa shape index (κ1) is 13.5. The van der Waals surface area contributed by atoms with Crippen LogP contribution in [-0.2, 0) is 11.2 Å². The Hall–Kier alpha value is -1.55. The van der Waals surface area contributed by atoms with Gasteiger partial charge in [0.1, 0.15) is 5.75 Å². The number of nitrogens with one attached hydrogen (secondary N) is 1. The highest BCUT2D eigenvalue weighted by Gasteiger charge is 2.00. The zero-order chi connectivity index (χ0) is 12.5. The van der Waals surface area contributed by atoms with Gasteiger partial charge >= 0.3 is 0 Å². The summed E-state index contributed by atoms with van der Waals surface area (Å²) < 4.78 is 5.55. The Bertz CT molecular complexity index is 336. The predicted molar refractivity (Wildman–Crippen MR) is 67.5 cm³/mol. The molecule has 0 fully saturated rings. The molecule has 0 radical (unpaired) electrons. The first-order chi connectivity index (χ1) is 8.26. The van der Waals surface area contributed by atoms with Crippen LogP contribution in [0.3, 0.4) is 0 Å². The standard InChI is InChI=1S/C13H20N2O2/c1-2-3-10-17-12-7-4-11(5-8-12)6-9-13(16)15-14/h4-5,7-8H,2-3,6,9-10,14H2,1H3,(H,15,16). The lowest BCUT2D eigenvalue weighted by Crippen LogP contribution is -2.30. The first-order valence-corrected chi connectivity index (χ1v) is 5.97. The third-order valence-electron chi connectivity index (χ3n) is 2.49. The van der Waals surface area contributed by atoms with Crippen LogP contribution in [0.1, 0.15) is 31.7 Å². The number of rotatable bonds is 7. The third-order valence-corrected chi connectivity index (χ3v) is 2.49. The molecule has 1 aromatic rings. The van der Waals surface area contributed by atoms with Crippen LogP contribution in [0.5, 0.6) is 5.75 Å². The van der Waals surface area contributed by atoms with E-state index in [1.807, 2.05) is 24.3 Å². The highest BCUT2D eigenvalue weighted by Crippen LogP contribution is 2.13. The summed E-state index contributed by atoms with van der Waals surface area (Å²) in [5.74, 6) is 5.74. The lowest BCUT2D eigenvalue weighted by atomic mass is 10.1. The van der Waals surface area contributed by atoms with Crippen molar-refractivity contribution in [3.8, 4) is 5.75 Å². The molecule has 0 saturated heterocycles. The third kappa shape index (κ3) is 5.36. The Labute approximate surface area is 102 Å². The number of nitrogens with two attached hydrogens (primary N) is 1. The normalized spacial score (nSPS) is 10.0. The lowest BCUT2D eigenvalue weighted by Gasteiger charge is -2.06. The van der Waals surface area contributed by atoms with E-state index in [2.05, 4.69) is 12.3 Å². The Kier molecular flexibility index (Phi) is 6.10. The summed E-state index contributed by atoms with van der Waals surface area (Å²) in [5, 5.41) is 0. The molecule has 0 aromatic heterocycles. The molecule has 1 amide bonds. The van der Waals surface area contributed by atoms with Crippen molar-refractivity contribution in [3.63, 3.8) is 0 Å². The lowest BCUT2D eigenvalue weighted by molar-refractivity contribution is -0.121. The minimum atomic E-state index is -0.145. The Morgan fingerprint density at radius 2 is 2.06 bits per heavy atom. The quantitative estimate of drug-likeness (QED) is 0.328. The van der Waals surface area contributed by atoms with Crippen LogP contribution in [-0.4, -0.2) is 12.5 Å². The summed E-state index contributed by atoms with van der Waals surface area (Å²) in [4.78, 5) is 11.0. The van der Waals surface area contributed by atoms with Crippen LogP contribution in [0.2, 0.25) is 0 Å². The predicted octanol–water partition coefficient (Wildman–Crippen LogP) is 1.79. The van der Waals surface area contributed by atoms with Gasteiger partial charge in [-0.2, -0.15) is 0 Å². The number of carbonyl (C=O) groups excluding carboxylic acids is 1. The van der Waals surface area contributed by atoms with Crippen molar-refractivity contribution < 1.29 is 9.53 Å². The van der Waals surface area contributed by atoms with Crippen LogP contribution in [0.4, 0.5) is 0 Å². The second-order valence-electron chi connectivity index (χ2n) is 3.91. The van der Waals surface area contributed by atoms with E-state index in [0.29, 0.717) is 12.8 Å². The molecule has 0 unspecified atom stereocenters. The van der Waals surface area contributed by atoms with Crippen molar-refractivity contribution in [2.24, 2.45) is 5.84 Å². The molecule has 17 heavy (non-hydrogen) atoms. The highest BCUT2D eigenvalue weighted by molar-refractivity contribution is 5.75. The number of unbranched alkanes of at least 4 members (excludes halogenated alkanes) is 1. The van der Waals surface area contributed by atoms with Gasteiger partial charge in [0.15, 0.2) is 0 Å². The summed E-state index contributed by atoms with van der Waals surface area (Å²) in [6, 6.07) is 7.83. The van der Waals surface area contributed by atoms with Crippen molar-refractivity contribution in [3.05, 3.63) is 29.8 Å². The molecule has 0 heterocycles. The van der Waals surface area contributed by atoms with Gasteiger partial charge in [-0.25, -0.2) is 5.84 Å². The molecule has 0 aliphatic rings. The average Bonchev–Trinajstić information content (AvgIpc) is 2.37. The second-order valence-corrected chi connectivity index (χ2v) is 3.91. The van der Waals surface area contributed by atoms with Crippen molar-refractivity contribution in [1.82, 2.24) is 5.43 Å². The molecule has 0 spiro atoms. The monoisotopic (exact) mass is 236 g/mol. The molecule has 0 bridgehead atoms. The maximum Gasteiger partial charge on any atom is 0.234 e. The fourth-order valence-electron chi connectivity index (χ4n) is 1.42. The smallest absolute Gasteiger partial charge is 0.234 e. The van der Waals surface area contributed by atoms with Gasteiger partial charge in [0.2, 0.25) is 5.91 Å². The van der Waals surface area contributed by atoms with E-state index < -0.39 is 0 Å². The van der Waals surface area contributed by atoms with Crippen molar-refractivity contribution in [2.75, 3.05) is 6.61 Å². The SMILES string of the molecule is CCCCOc1ccc(CCC(=O)NN)cc1. The average molecular weight is 236 g/mol. The topological polar surface area (TPSA) is 64.3 Å². The fourth-order valence-corrected chi connectivity index (χ4v) is 1.42. The van der Waals surface area contributed by atoms with Crippen LogP contribution >= 0.6 is 0 Å². The number of amides is 1. The van der Waals surface area contributed by atoms with Gasteiger partial charge in [0, 0.05) is 6.42 Å². The maximum atomic E-state index is 11.0. The summed E-state index contributed by atoms with van der Waals surface area (Å²) in [6.07, 6.45) is 3.30. The van der Waals surface area contributed by atoms with E-state index in [-0.39, 0.29) is 5.91 Å². The number of benzene rings is 1. The molecule has 4 heteroatoms. The minimum absolute atomic E-state index is 0.145. The molecular formula is C13H20N2O2. The largest absolute Gasteiger partial charge is 0.494 e. The number of hydrazine groups is 1. The molecule has 0 aliphatic carbocycles. The van der Waals surface area contributed by atoms with Gasteiger partial charge in [0.05, 0.1) is 6.61 Å². The Balaban J connectivity index is 2.36. The van der Waals surface area contributed by atoms with Crippen LogP contribution in [0.15, 0.2) is 24.3 Å². The zero-order valence-corrected chi connectivity index (χ0v) is 10.2. The summed E-state index contributed by atoms with van der Waals surface area (Å²) >= 11 is 0. The Morgan fingerprint density at radius 3 is 2.65 bits per heavy atom. The maximum absolute atomic E-state index is 11.0. The van der Waals surface area contributed by atoms with Gasteiger partial charge in [-0.3, -0.25) is 10.2 Å². The number of hydrogen-bond donors (Lipinski definition) is 2. The molecule has 0 atom stereocenters. The minimum Gasteiger partial charge on any atom is -0.494 e. The van der Waals surface area contributed by atoms with E-state index in [0.717, 1.165) is 30.8 Å². The summed E-state index contributed by atoms with van der Waals surface area (Å²) in [6.45, 7) is 2.89. The summed E-state index contributed by atoms with van der Waals surface area (Å²) in [5.41, 5.74) is 3.23. The second kappa shape index (κ2) is 7.68. The van der Waals surface area contributed by atoms with Gasteiger partial charge in [0.25, 0.3) is 0 Å². The molecule has 0 saturated carbocycles. The summed E-state index contributed by atoms with van der Waals surface area (Å²) in [7, 11) is 0. The molecule has 3 N–H and O–H groups in total. The molecule has 1 rings (SSSR count). The molecule has 1 aromatic carbocycles.